The minimum absolute atomic E-state index is 0.143. The fraction of sp³-hybridized carbons (Fsp3) is 0.238. The van der Waals surface area contributed by atoms with Gasteiger partial charge in [-0.25, -0.2) is 0 Å². The zero-order valence-electron chi connectivity index (χ0n) is 15.9. The Labute approximate surface area is 172 Å². The zero-order valence-corrected chi connectivity index (χ0v) is 16.7. The second-order valence-corrected chi connectivity index (χ2v) is 7.68. The molecular weight excluding hydrogens is 388 g/mol. The number of nitrogens with one attached hydrogen (secondary N) is 1. The number of hydrogen-bond acceptors (Lipinski definition) is 6. The molecule has 29 heavy (non-hydrogen) atoms. The fourth-order valence-corrected chi connectivity index (χ4v) is 4.06. The summed E-state index contributed by atoms with van der Waals surface area (Å²) in [6, 6.07) is 14.8. The van der Waals surface area contributed by atoms with Crippen LogP contribution in [0, 0.1) is 6.92 Å². The van der Waals surface area contributed by atoms with Crippen molar-refractivity contribution < 1.29 is 14.1 Å². The maximum absolute atomic E-state index is 12.8. The summed E-state index contributed by atoms with van der Waals surface area (Å²) in [6.07, 6.45) is 1.48. The average molecular weight is 408 g/mol. The molecule has 0 unspecified atom stereocenters. The number of rotatable bonds is 6. The van der Waals surface area contributed by atoms with Crippen LogP contribution in [0.2, 0.25) is 0 Å². The highest BCUT2D eigenvalue weighted by Crippen LogP contribution is 2.27. The molecule has 1 aromatic heterocycles. The highest BCUT2D eigenvalue weighted by atomic mass is 32.2. The first kappa shape index (κ1) is 19.2. The van der Waals surface area contributed by atoms with Crippen molar-refractivity contribution >= 4 is 35.0 Å². The molecule has 4 rings (SSSR count). The van der Waals surface area contributed by atoms with E-state index in [2.05, 4.69) is 15.5 Å². The molecule has 7 nitrogen and oxygen atoms in total. The summed E-state index contributed by atoms with van der Waals surface area (Å²) < 4.78 is 4.98. The van der Waals surface area contributed by atoms with E-state index in [1.165, 1.54) is 11.8 Å². The zero-order chi connectivity index (χ0) is 20.2. The number of benzene rings is 2. The van der Waals surface area contributed by atoms with E-state index in [-0.39, 0.29) is 11.8 Å². The van der Waals surface area contributed by atoms with Crippen LogP contribution in [0.15, 0.2) is 57.9 Å². The molecule has 1 fully saturated rings. The SMILES string of the molecule is Cc1nc(CSc2ccccc2C(=O)Nc2ccc(N3CCCC3=O)cc2)no1. The van der Waals surface area contributed by atoms with Crippen LogP contribution < -0.4 is 10.2 Å². The van der Waals surface area contributed by atoms with E-state index in [1.807, 2.05) is 42.5 Å². The van der Waals surface area contributed by atoms with Crippen molar-refractivity contribution in [2.45, 2.75) is 30.4 Å². The van der Waals surface area contributed by atoms with Crippen molar-refractivity contribution in [3.63, 3.8) is 0 Å². The number of hydrogen-bond donors (Lipinski definition) is 1. The molecule has 1 N–H and O–H groups in total. The third-order valence-electron chi connectivity index (χ3n) is 4.57. The quantitative estimate of drug-likeness (QED) is 0.619. The second kappa shape index (κ2) is 8.48. The van der Waals surface area contributed by atoms with E-state index in [9.17, 15) is 9.59 Å². The van der Waals surface area contributed by atoms with Crippen LogP contribution in [0.1, 0.15) is 34.9 Å². The highest BCUT2D eigenvalue weighted by Gasteiger charge is 2.21. The number of aryl methyl sites for hydroxylation is 1. The predicted molar refractivity (Wildman–Crippen MR) is 111 cm³/mol. The largest absolute Gasteiger partial charge is 0.340 e. The molecule has 3 aromatic rings. The topological polar surface area (TPSA) is 88.3 Å². The minimum Gasteiger partial charge on any atom is -0.340 e. The van der Waals surface area contributed by atoms with Gasteiger partial charge in [0.15, 0.2) is 5.82 Å². The summed E-state index contributed by atoms with van der Waals surface area (Å²) in [5.74, 6) is 1.58. The minimum atomic E-state index is -0.192. The molecule has 1 aliphatic rings. The second-order valence-electron chi connectivity index (χ2n) is 6.66. The monoisotopic (exact) mass is 408 g/mol. The van der Waals surface area contributed by atoms with Crippen LogP contribution >= 0.6 is 11.8 Å². The first-order valence-corrected chi connectivity index (χ1v) is 10.3. The van der Waals surface area contributed by atoms with E-state index in [4.69, 9.17) is 4.52 Å². The van der Waals surface area contributed by atoms with Gasteiger partial charge >= 0.3 is 0 Å². The molecule has 8 heteroatoms. The summed E-state index contributed by atoms with van der Waals surface area (Å²) in [5.41, 5.74) is 2.12. The maximum atomic E-state index is 12.8. The Kier molecular flexibility index (Phi) is 5.62. The average Bonchev–Trinajstić information content (AvgIpc) is 3.35. The van der Waals surface area contributed by atoms with Gasteiger partial charge in [-0.2, -0.15) is 4.98 Å². The van der Waals surface area contributed by atoms with Gasteiger partial charge in [-0.15, -0.1) is 11.8 Å². The Balaban J connectivity index is 1.43. The van der Waals surface area contributed by atoms with Gasteiger partial charge in [0.25, 0.3) is 5.91 Å². The van der Waals surface area contributed by atoms with Gasteiger partial charge in [0.05, 0.1) is 11.3 Å². The molecular formula is C21H20N4O3S. The Bertz CT molecular complexity index is 1030. The van der Waals surface area contributed by atoms with Gasteiger partial charge in [-0.3, -0.25) is 9.59 Å². The van der Waals surface area contributed by atoms with Crippen LogP contribution in [-0.2, 0) is 10.5 Å². The van der Waals surface area contributed by atoms with E-state index in [1.54, 1.807) is 17.9 Å². The summed E-state index contributed by atoms with van der Waals surface area (Å²) >= 11 is 1.48. The smallest absolute Gasteiger partial charge is 0.256 e. The van der Waals surface area contributed by atoms with Crippen molar-refractivity contribution in [3.8, 4) is 0 Å². The van der Waals surface area contributed by atoms with Crippen LogP contribution in [0.3, 0.4) is 0 Å². The predicted octanol–water partition coefficient (Wildman–Crippen LogP) is 4.05. The van der Waals surface area contributed by atoms with Gasteiger partial charge in [-0.05, 0) is 42.8 Å². The molecule has 0 spiro atoms. The fourth-order valence-electron chi connectivity index (χ4n) is 3.17. The van der Waals surface area contributed by atoms with Crippen LogP contribution in [0.25, 0.3) is 0 Å². The molecule has 1 aliphatic heterocycles. The molecule has 0 aliphatic carbocycles. The third-order valence-corrected chi connectivity index (χ3v) is 5.64. The molecule has 0 saturated carbocycles. The van der Waals surface area contributed by atoms with Crippen molar-refractivity contribution in [2.75, 3.05) is 16.8 Å². The van der Waals surface area contributed by atoms with Gasteiger partial charge in [-0.1, -0.05) is 17.3 Å². The lowest BCUT2D eigenvalue weighted by atomic mass is 10.2. The molecule has 2 aromatic carbocycles. The van der Waals surface area contributed by atoms with Gasteiger partial charge in [0, 0.05) is 36.2 Å². The van der Waals surface area contributed by atoms with E-state index in [0.717, 1.165) is 23.5 Å². The Morgan fingerprint density at radius 3 is 2.69 bits per heavy atom. The Morgan fingerprint density at radius 1 is 1.21 bits per heavy atom. The van der Waals surface area contributed by atoms with Crippen LogP contribution in [0.4, 0.5) is 11.4 Å². The number of aromatic nitrogens is 2. The van der Waals surface area contributed by atoms with Gasteiger partial charge < -0.3 is 14.7 Å². The first-order chi connectivity index (χ1) is 14.1. The normalized spacial score (nSPS) is 13.7. The number of anilines is 2. The summed E-state index contributed by atoms with van der Waals surface area (Å²) in [4.78, 5) is 31.5. The molecule has 148 valence electrons. The Morgan fingerprint density at radius 2 is 2.00 bits per heavy atom. The lowest BCUT2D eigenvalue weighted by molar-refractivity contribution is -0.117. The molecule has 2 amide bonds. The number of nitrogens with zero attached hydrogens (tertiary/aromatic N) is 3. The lowest BCUT2D eigenvalue weighted by Gasteiger charge is -2.16. The number of amides is 2. The molecule has 0 radical (unpaired) electrons. The molecule has 0 bridgehead atoms. The standard InChI is InChI=1S/C21H20N4O3S/c1-14-22-19(24-28-14)13-29-18-6-3-2-5-17(18)21(27)23-15-8-10-16(11-9-15)25-12-4-7-20(25)26/h2-3,5-6,8-11H,4,7,12-13H2,1H3,(H,23,27). The van der Waals surface area contributed by atoms with E-state index < -0.39 is 0 Å². The highest BCUT2D eigenvalue weighted by molar-refractivity contribution is 7.98. The molecule has 2 heterocycles. The van der Waals surface area contributed by atoms with E-state index in [0.29, 0.717) is 35.1 Å². The summed E-state index contributed by atoms with van der Waals surface area (Å²) in [5, 5.41) is 6.81. The van der Waals surface area contributed by atoms with Crippen molar-refractivity contribution in [1.29, 1.82) is 0 Å². The van der Waals surface area contributed by atoms with Gasteiger partial charge in [0.2, 0.25) is 11.8 Å². The van der Waals surface area contributed by atoms with Crippen molar-refractivity contribution in [2.24, 2.45) is 0 Å². The first-order valence-electron chi connectivity index (χ1n) is 9.33. The summed E-state index contributed by atoms with van der Waals surface area (Å²) in [6.45, 7) is 2.49. The summed E-state index contributed by atoms with van der Waals surface area (Å²) in [7, 11) is 0. The van der Waals surface area contributed by atoms with Crippen molar-refractivity contribution in [3.05, 3.63) is 65.8 Å². The molecule has 1 saturated heterocycles. The third kappa shape index (κ3) is 4.48. The number of thioether (sulfide) groups is 1. The van der Waals surface area contributed by atoms with E-state index >= 15 is 0 Å². The van der Waals surface area contributed by atoms with Crippen LogP contribution in [0.5, 0.6) is 0 Å². The number of carbonyl (C=O) groups excluding carboxylic acids is 2. The number of carbonyl (C=O) groups is 2. The maximum Gasteiger partial charge on any atom is 0.256 e. The van der Waals surface area contributed by atoms with Crippen LogP contribution in [-0.4, -0.2) is 28.5 Å². The Hall–Kier alpha value is -3.13. The van der Waals surface area contributed by atoms with Crippen molar-refractivity contribution in [1.82, 2.24) is 10.1 Å². The molecule has 0 atom stereocenters. The van der Waals surface area contributed by atoms with Gasteiger partial charge in [0.1, 0.15) is 0 Å². The lowest BCUT2D eigenvalue weighted by Crippen LogP contribution is -2.23.